The van der Waals surface area contributed by atoms with Gasteiger partial charge in [0.25, 0.3) is 0 Å². The van der Waals surface area contributed by atoms with Crippen LogP contribution in [0.5, 0.6) is 11.5 Å². The summed E-state index contributed by atoms with van der Waals surface area (Å²) in [6, 6.07) is 16.7. The van der Waals surface area contributed by atoms with E-state index >= 15 is 0 Å². The number of ether oxygens (including phenoxy) is 1. The average Bonchev–Trinajstić information content (AvgIpc) is 2.55. The Labute approximate surface area is 126 Å². The van der Waals surface area contributed by atoms with E-state index in [0.717, 1.165) is 0 Å². The number of hydrogen-bond acceptors (Lipinski definition) is 4. The van der Waals surface area contributed by atoms with Crippen LogP contribution in [0.1, 0.15) is 10.4 Å². The zero-order chi connectivity index (χ0) is 15.5. The largest absolute Gasteiger partial charge is 0.866 e. The normalized spacial score (nSPS) is 10.1. The number of diazo groups is 1. The monoisotopic (exact) mass is 290 g/mol. The van der Waals surface area contributed by atoms with Crippen molar-refractivity contribution in [3.63, 3.8) is 0 Å². The molecule has 5 heteroatoms. The van der Waals surface area contributed by atoms with Crippen molar-refractivity contribution in [2.75, 3.05) is 0 Å². The average molecular weight is 290 g/mol. The van der Waals surface area contributed by atoms with Crippen molar-refractivity contribution in [2.45, 2.75) is 0 Å². The molecule has 0 bridgehead atoms. The van der Waals surface area contributed by atoms with Gasteiger partial charge in [0.15, 0.2) is 4.98 Å². The second kappa shape index (κ2) is 5.54. The fourth-order valence-corrected chi connectivity index (χ4v) is 2.21. The summed E-state index contributed by atoms with van der Waals surface area (Å²) in [6.45, 7) is 0. The van der Waals surface area contributed by atoms with Crippen LogP contribution in [0.4, 0.5) is 5.69 Å². The summed E-state index contributed by atoms with van der Waals surface area (Å²) >= 11 is 0. The topological polar surface area (TPSA) is 77.5 Å². The van der Waals surface area contributed by atoms with Crippen LogP contribution < -0.4 is 9.84 Å². The maximum atomic E-state index is 12.3. The molecule has 0 aliphatic rings. The number of fused-ring (bicyclic) bond motifs is 1. The SMILES string of the molecule is N#[N+]c1c([O-])c(C(=O)Oc2ccccc2)cc2ccccc12. The molecule has 5 nitrogen and oxygen atoms in total. The van der Waals surface area contributed by atoms with Crippen LogP contribution >= 0.6 is 0 Å². The van der Waals surface area contributed by atoms with Crippen molar-refractivity contribution >= 4 is 22.4 Å². The summed E-state index contributed by atoms with van der Waals surface area (Å²) in [6.07, 6.45) is 0. The van der Waals surface area contributed by atoms with E-state index in [-0.39, 0.29) is 11.3 Å². The molecule has 0 amide bonds. The van der Waals surface area contributed by atoms with Gasteiger partial charge in [-0.05, 0) is 29.7 Å². The van der Waals surface area contributed by atoms with E-state index in [9.17, 15) is 9.90 Å². The minimum absolute atomic E-state index is 0.168. The molecule has 0 unspecified atom stereocenters. The molecule has 0 N–H and O–H groups in total. The molecule has 3 rings (SSSR count). The molecule has 106 valence electrons. The molecule has 0 saturated carbocycles. The van der Waals surface area contributed by atoms with Crippen molar-refractivity contribution in [3.8, 4) is 11.5 Å². The molecule has 0 aliphatic carbocycles. The van der Waals surface area contributed by atoms with E-state index in [0.29, 0.717) is 16.5 Å². The smallest absolute Gasteiger partial charge is 0.385 e. The van der Waals surface area contributed by atoms with Crippen LogP contribution in [0.3, 0.4) is 0 Å². The molecule has 0 radical (unpaired) electrons. The zero-order valence-corrected chi connectivity index (χ0v) is 11.4. The molecular formula is C17H10N2O3. The second-order valence-corrected chi connectivity index (χ2v) is 4.63. The summed E-state index contributed by atoms with van der Waals surface area (Å²) in [5.41, 5.74) is -0.339. The molecule has 3 aromatic carbocycles. The highest BCUT2D eigenvalue weighted by atomic mass is 16.5. The zero-order valence-electron chi connectivity index (χ0n) is 11.4. The Hall–Kier alpha value is -3.39. The third-order valence-corrected chi connectivity index (χ3v) is 3.25. The van der Waals surface area contributed by atoms with Gasteiger partial charge in [0.05, 0.1) is 10.9 Å². The second-order valence-electron chi connectivity index (χ2n) is 4.63. The molecule has 0 atom stereocenters. The Bertz CT molecular complexity index is 899. The van der Waals surface area contributed by atoms with Crippen molar-refractivity contribution in [1.82, 2.24) is 0 Å². The molecule has 22 heavy (non-hydrogen) atoms. The van der Waals surface area contributed by atoms with Crippen molar-refractivity contribution in [3.05, 3.63) is 71.2 Å². The van der Waals surface area contributed by atoms with Crippen LogP contribution in [0.2, 0.25) is 0 Å². The van der Waals surface area contributed by atoms with Crippen molar-refractivity contribution < 1.29 is 14.6 Å². The lowest BCUT2D eigenvalue weighted by atomic mass is 10.0. The minimum Gasteiger partial charge on any atom is -0.866 e. The fourth-order valence-electron chi connectivity index (χ4n) is 2.21. The van der Waals surface area contributed by atoms with Gasteiger partial charge in [-0.25, -0.2) is 4.79 Å². The molecular weight excluding hydrogens is 280 g/mol. The Balaban J connectivity index is 2.09. The number of nitrogens with zero attached hydrogens (tertiary/aromatic N) is 2. The fraction of sp³-hybridized carbons (Fsp3) is 0. The highest BCUT2D eigenvalue weighted by Crippen LogP contribution is 2.36. The van der Waals surface area contributed by atoms with Gasteiger partial charge in [0, 0.05) is 5.75 Å². The third kappa shape index (κ3) is 2.34. The van der Waals surface area contributed by atoms with Gasteiger partial charge in [-0.2, -0.15) is 0 Å². The number of carbonyl (C=O) groups excluding carboxylic acids is 1. The first-order valence-corrected chi connectivity index (χ1v) is 6.56. The first-order valence-electron chi connectivity index (χ1n) is 6.56. The number of rotatable bonds is 2. The Morgan fingerprint density at radius 2 is 1.73 bits per heavy atom. The number of esters is 1. The maximum absolute atomic E-state index is 12.3. The van der Waals surface area contributed by atoms with Crippen molar-refractivity contribution in [2.24, 2.45) is 0 Å². The lowest BCUT2D eigenvalue weighted by Crippen LogP contribution is -2.12. The first kappa shape index (κ1) is 13.6. The van der Waals surface area contributed by atoms with Gasteiger partial charge in [-0.3, -0.25) is 0 Å². The summed E-state index contributed by atoms with van der Waals surface area (Å²) in [5.74, 6) is -1.11. The number of para-hydroxylation sites is 1. The van der Waals surface area contributed by atoms with E-state index in [1.54, 1.807) is 54.6 Å². The Kier molecular flexibility index (Phi) is 3.42. The van der Waals surface area contributed by atoms with Crippen LogP contribution in [0, 0.1) is 5.39 Å². The molecule has 0 aromatic heterocycles. The molecule has 3 aromatic rings. The lowest BCUT2D eigenvalue weighted by molar-refractivity contribution is -0.267. The summed E-state index contributed by atoms with van der Waals surface area (Å²) in [5, 5.41) is 22.5. The minimum atomic E-state index is -0.785. The number of benzene rings is 3. The number of hydrogen-bond donors (Lipinski definition) is 0. The van der Waals surface area contributed by atoms with Crippen molar-refractivity contribution in [1.29, 1.82) is 5.39 Å². The van der Waals surface area contributed by atoms with Gasteiger partial charge in [0.2, 0.25) is 5.39 Å². The van der Waals surface area contributed by atoms with E-state index in [1.165, 1.54) is 6.07 Å². The van der Waals surface area contributed by atoms with Gasteiger partial charge in [-0.15, -0.1) is 0 Å². The predicted molar refractivity (Wildman–Crippen MR) is 79.5 cm³/mol. The van der Waals surface area contributed by atoms with Crippen LogP contribution in [-0.2, 0) is 0 Å². The van der Waals surface area contributed by atoms with E-state index in [1.807, 2.05) is 0 Å². The Morgan fingerprint density at radius 3 is 2.45 bits per heavy atom. The highest BCUT2D eigenvalue weighted by Gasteiger charge is 2.21. The van der Waals surface area contributed by atoms with Crippen LogP contribution in [0.25, 0.3) is 15.7 Å². The molecule has 0 fully saturated rings. The quantitative estimate of drug-likeness (QED) is 0.410. The van der Waals surface area contributed by atoms with E-state index in [4.69, 9.17) is 10.1 Å². The standard InChI is InChI=1S/C17H10N2O3/c18-19-15-13-9-5-4-6-11(13)10-14(16(15)20)17(21)22-12-7-2-1-3-8-12/h1-10H. The van der Waals surface area contributed by atoms with Gasteiger partial charge in [0.1, 0.15) is 5.75 Å². The molecule has 0 spiro atoms. The maximum Gasteiger partial charge on any atom is 0.385 e. The third-order valence-electron chi connectivity index (χ3n) is 3.25. The van der Waals surface area contributed by atoms with Gasteiger partial charge < -0.3 is 9.84 Å². The lowest BCUT2D eigenvalue weighted by Gasteiger charge is -2.11. The van der Waals surface area contributed by atoms with Crippen LogP contribution in [0.15, 0.2) is 60.7 Å². The van der Waals surface area contributed by atoms with Gasteiger partial charge in [-0.1, -0.05) is 36.4 Å². The molecule has 0 saturated heterocycles. The molecule has 0 aliphatic heterocycles. The summed E-state index contributed by atoms with van der Waals surface area (Å²) in [4.78, 5) is 15.2. The first-order chi connectivity index (χ1) is 10.7. The summed E-state index contributed by atoms with van der Waals surface area (Å²) in [7, 11) is 0. The highest BCUT2D eigenvalue weighted by molar-refractivity contribution is 6.06. The van der Waals surface area contributed by atoms with E-state index < -0.39 is 11.7 Å². The summed E-state index contributed by atoms with van der Waals surface area (Å²) < 4.78 is 5.17. The predicted octanol–water partition coefficient (Wildman–Crippen LogP) is 3.62. The van der Waals surface area contributed by atoms with Gasteiger partial charge >= 0.3 is 11.7 Å². The Morgan fingerprint density at radius 1 is 1.05 bits per heavy atom. The number of carbonyl (C=O) groups is 1. The van der Waals surface area contributed by atoms with E-state index in [2.05, 4.69) is 4.98 Å². The van der Waals surface area contributed by atoms with Crippen LogP contribution in [-0.4, -0.2) is 5.97 Å². The molecule has 0 heterocycles.